The maximum absolute atomic E-state index is 10.7. The second-order valence-corrected chi connectivity index (χ2v) is 5.34. The molecule has 18 heavy (non-hydrogen) atoms. The highest BCUT2D eigenvalue weighted by molar-refractivity contribution is 5.67. The largest absolute Gasteiger partial charge is 0.490 e. The molecule has 0 saturated heterocycles. The van der Waals surface area contributed by atoms with Gasteiger partial charge in [-0.05, 0) is 62.3 Å². The Kier molecular flexibility index (Phi) is 3.90. The van der Waals surface area contributed by atoms with Crippen molar-refractivity contribution in [3.8, 4) is 5.75 Å². The minimum Gasteiger partial charge on any atom is -0.490 e. The van der Waals surface area contributed by atoms with Crippen molar-refractivity contribution in [1.82, 2.24) is 0 Å². The zero-order valence-corrected chi connectivity index (χ0v) is 11.0. The van der Waals surface area contributed by atoms with Crippen LogP contribution in [0.4, 0.5) is 0 Å². The molecular weight excluding hydrogens is 228 g/mol. The highest BCUT2D eigenvalue weighted by Gasteiger charge is 2.27. The van der Waals surface area contributed by atoms with Crippen LogP contribution in [0.2, 0.25) is 0 Å². The molecule has 1 N–H and O–H groups in total. The molecule has 1 aromatic rings. The Morgan fingerprint density at radius 1 is 1.28 bits per heavy atom. The number of aliphatic carboxylic acids is 1. The van der Waals surface area contributed by atoms with Gasteiger partial charge in [0.15, 0.2) is 0 Å². The summed E-state index contributed by atoms with van der Waals surface area (Å²) < 4.78 is 5.96. The van der Waals surface area contributed by atoms with Gasteiger partial charge in [0.1, 0.15) is 5.75 Å². The summed E-state index contributed by atoms with van der Waals surface area (Å²) in [5, 5.41) is 8.78. The van der Waals surface area contributed by atoms with Gasteiger partial charge in [0.05, 0.1) is 6.10 Å². The van der Waals surface area contributed by atoms with Crippen molar-refractivity contribution in [3.63, 3.8) is 0 Å². The fourth-order valence-corrected chi connectivity index (χ4v) is 2.76. The van der Waals surface area contributed by atoms with Crippen LogP contribution in [0.1, 0.15) is 36.8 Å². The van der Waals surface area contributed by atoms with E-state index in [1.165, 1.54) is 11.1 Å². The van der Waals surface area contributed by atoms with E-state index in [0.29, 0.717) is 0 Å². The molecule has 0 radical (unpaired) electrons. The van der Waals surface area contributed by atoms with Crippen molar-refractivity contribution in [2.45, 2.75) is 45.6 Å². The highest BCUT2D eigenvalue weighted by Crippen LogP contribution is 2.31. The van der Waals surface area contributed by atoms with Gasteiger partial charge in [-0.2, -0.15) is 0 Å². The van der Waals surface area contributed by atoms with Gasteiger partial charge in [-0.25, -0.2) is 0 Å². The number of hydrogen-bond donors (Lipinski definition) is 1. The summed E-state index contributed by atoms with van der Waals surface area (Å²) in [6.07, 6.45) is 3.23. The van der Waals surface area contributed by atoms with E-state index in [4.69, 9.17) is 9.84 Å². The molecule has 3 heteroatoms. The molecule has 0 spiro atoms. The summed E-state index contributed by atoms with van der Waals surface area (Å²) in [6.45, 7) is 4.11. The van der Waals surface area contributed by atoms with Crippen molar-refractivity contribution in [2.75, 3.05) is 0 Å². The Hall–Kier alpha value is -1.51. The lowest BCUT2D eigenvalue weighted by molar-refractivity contribution is -0.138. The minimum absolute atomic E-state index is 0.176. The van der Waals surface area contributed by atoms with E-state index < -0.39 is 5.97 Å². The van der Waals surface area contributed by atoms with Crippen LogP contribution in [0.25, 0.3) is 0 Å². The second kappa shape index (κ2) is 5.42. The van der Waals surface area contributed by atoms with E-state index in [2.05, 4.69) is 19.9 Å². The Bertz CT molecular complexity index is 419. The summed E-state index contributed by atoms with van der Waals surface area (Å²) in [6, 6.07) is 6.20. The lowest BCUT2D eigenvalue weighted by atomic mass is 10.0. The molecule has 0 aliphatic heterocycles. The molecule has 1 aliphatic carbocycles. The molecule has 1 saturated carbocycles. The summed E-state index contributed by atoms with van der Waals surface area (Å²) >= 11 is 0. The molecule has 0 heterocycles. The zero-order chi connectivity index (χ0) is 13.1. The first-order valence-electron chi connectivity index (χ1n) is 6.49. The summed E-state index contributed by atoms with van der Waals surface area (Å²) in [5.41, 5.74) is 2.40. The predicted molar refractivity (Wildman–Crippen MR) is 69.9 cm³/mol. The number of aryl methyl sites for hydroxylation is 2. The molecule has 98 valence electrons. The van der Waals surface area contributed by atoms with Gasteiger partial charge in [0.2, 0.25) is 0 Å². The van der Waals surface area contributed by atoms with Crippen LogP contribution in [0.3, 0.4) is 0 Å². The smallest absolute Gasteiger partial charge is 0.303 e. The number of carboxylic acids is 1. The van der Waals surface area contributed by atoms with Gasteiger partial charge < -0.3 is 9.84 Å². The predicted octanol–water partition coefficient (Wildman–Crippen LogP) is 3.33. The Labute approximate surface area is 108 Å². The quantitative estimate of drug-likeness (QED) is 0.889. The number of carboxylic acid groups (broad SMARTS) is 1. The SMILES string of the molecule is Cc1cc(C)cc(OC2CCC(CC(=O)O)C2)c1. The zero-order valence-electron chi connectivity index (χ0n) is 11.0. The molecule has 1 fully saturated rings. The van der Waals surface area contributed by atoms with Crippen LogP contribution < -0.4 is 4.74 Å². The van der Waals surface area contributed by atoms with Gasteiger partial charge in [-0.1, -0.05) is 6.07 Å². The molecule has 2 rings (SSSR count). The van der Waals surface area contributed by atoms with E-state index in [9.17, 15) is 4.79 Å². The van der Waals surface area contributed by atoms with Crippen molar-refractivity contribution < 1.29 is 14.6 Å². The van der Waals surface area contributed by atoms with Crippen molar-refractivity contribution in [2.24, 2.45) is 5.92 Å². The highest BCUT2D eigenvalue weighted by atomic mass is 16.5. The van der Waals surface area contributed by atoms with Crippen LogP contribution in [0.15, 0.2) is 18.2 Å². The van der Waals surface area contributed by atoms with E-state index in [0.717, 1.165) is 25.0 Å². The third-order valence-electron chi connectivity index (χ3n) is 3.45. The number of rotatable bonds is 4. The van der Waals surface area contributed by atoms with Crippen LogP contribution in [-0.2, 0) is 4.79 Å². The molecule has 0 aromatic heterocycles. The standard InChI is InChI=1S/C15H20O3/c1-10-5-11(2)7-14(6-10)18-13-4-3-12(8-13)9-15(16)17/h5-7,12-13H,3-4,8-9H2,1-2H3,(H,16,17). The molecule has 3 nitrogen and oxygen atoms in total. The first-order valence-corrected chi connectivity index (χ1v) is 6.49. The van der Waals surface area contributed by atoms with E-state index in [1.54, 1.807) is 0 Å². The lowest BCUT2D eigenvalue weighted by Gasteiger charge is -2.15. The molecule has 0 bridgehead atoms. The Balaban J connectivity index is 1.93. The normalized spacial score (nSPS) is 23.0. The average Bonchev–Trinajstić information content (AvgIpc) is 2.62. The molecular formula is C15H20O3. The van der Waals surface area contributed by atoms with Gasteiger partial charge in [0, 0.05) is 6.42 Å². The maximum Gasteiger partial charge on any atom is 0.303 e. The van der Waals surface area contributed by atoms with E-state index in [1.807, 2.05) is 12.1 Å². The van der Waals surface area contributed by atoms with Crippen LogP contribution in [-0.4, -0.2) is 17.2 Å². The van der Waals surface area contributed by atoms with Crippen molar-refractivity contribution >= 4 is 5.97 Å². The van der Waals surface area contributed by atoms with Crippen molar-refractivity contribution in [3.05, 3.63) is 29.3 Å². The molecule has 1 aromatic carbocycles. The lowest BCUT2D eigenvalue weighted by Crippen LogP contribution is -2.13. The topological polar surface area (TPSA) is 46.5 Å². The number of carbonyl (C=O) groups is 1. The Morgan fingerprint density at radius 2 is 1.94 bits per heavy atom. The van der Waals surface area contributed by atoms with Gasteiger partial charge in [-0.15, -0.1) is 0 Å². The third kappa shape index (κ3) is 3.49. The van der Waals surface area contributed by atoms with Crippen LogP contribution in [0, 0.1) is 19.8 Å². The molecule has 0 amide bonds. The third-order valence-corrected chi connectivity index (χ3v) is 3.45. The molecule has 1 aliphatic rings. The number of ether oxygens (including phenoxy) is 1. The van der Waals surface area contributed by atoms with Crippen LogP contribution in [0.5, 0.6) is 5.75 Å². The average molecular weight is 248 g/mol. The molecule has 2 unspecified atom stereocenters. The fraction of sp³-hybridized carbons (Fsp3) is 0.533. The second-order valence-electron chi connectivity index (χ2n) is 5.34. The number of benzene rings is 1. The monoisotopic (exact) mass is 248 g/mol. The fourth-order valence-electron chi connectivity index (χ4n) is 2.76. The van der Waals surface area contributed by atoms with Gasteiger partial charge in [0.25, 0.3) is 0 Å². The molecule has 2 atom stereocenters. The van der Waals surface area contributed by atoms with Crippen molar-refractivity contribution in [1.29, 1.82) is 0 Å². The Morgan fingerprint density at radius 3 is 2.56 bits per heavy atom. The van der Waals surface area contributed by atoms with E-state index in [-0.39, 0.29) is 18.4 Å². The first kappa shape index (κ1) is 12.9. The summed E-state index contributed by atoms with van der Waals surface area (Å²) in [7, 11) is 0. The van der Waals surface area contributed by atoms with Crippen LogP contribution >= 0.6 is 0 Å². The van der Waals surface area contributed by atoms with E-state index >= 15 is 0 Å². The first-order chi connectivity index (χ1) is 8.52. The van der Waals surface area contributed by atoms with Gasteiger partial charge >= 0.3 is 5.97 Å². The minimum atomic E-state index is -0.702. The van der Waals surface area contributed by atoms with Gasteiger partial charge in [-0.3, -0.25) is 4.79 Å². The number of hydrogen-bond acceptors (Lipinski definition) is 2. The summed E-state index contributed by atoms with van der Waals surface area (Å²) in [4.78, 5) is 10.7. The maximum atomic E-state index is 10.7. The summed E-state index contributed by atoms with van der Waals surface area (Å²) in [5.74, 6) is 0.485.